The van der Waals surface area contributed by atoms with E-state index in [1.807, 2.05) is 0 Å². The molecule has 4 aliphatic rings. The number of nitrogens with zero attached hydrogens (tertiary/aromatic N) is 3. The SMILES string of the molecule is c1ccc(-c2cc[n+]3c(c2)-c2cccc4c2[N+]32c3c(cccc3C43c4ccccc4-c4ccccc43)-c3cc(-c4ccccc4)cc[n+]32)cc1. The van der Waals surface area contributed by atoms with Crippen LogP contribution in [0.2, 0.25) is 0 Å². The second kappa shape index (κ2) is 9.17. The van der Waals surface area contributed by atoms with Crippen molar-refractivity contribution in [3.05, 3.63) is 205 Å². The van der Waals surface area contributed by atoms with Crippen LogP contribution in [0.15, 0.2) is 182 Å². The third-order valence-electron chi connectivity index (χ3n) is 11.7. The van der Waals surface area contributed by atoms with Crippen LogP contribution in [0.3, 0.4) is 0 Å². The number of fused-ring (bicyclic) bond motifs is 11. The highest BCUT2D eigenvalue weighted by molar-refractivity contribution is 5.99. The van der Waals surface area contributed by atoms with E-state index in [1.165, 1.54) is 89.5 Å². The maximum atomic E-state index is 2.52. The Hall–Kier alpha value is -6.42. The van der Waals surface area contributed by atoms with Gasteiger partial charge in [-0.25, -0.2) is 0 Å². The quantitative estimate of drug-likeness (QED) is 0.132. The molecule has 3 heteroatoms. The van der Waals surface area contributed by atoms with Gasteiger partial charge in [0.2, 0.25) is 12.4 Å². The number of benzene rings is 6. The fourth-order valence-electron chi connectivity index (χ4n) is 9.90. The van der Waals surface area contributed by atoms with E-state index in [1.54, 1.807) is 0 Å². The van der Waals surface area contributed by atoms with Gasteiger partial charge in [0.1, 0.15) is 11.1 Å². The van der Waals surface area contributed by atoms with Crippen molar-refractivity contribution in [3.63, 3.8) is 0 Å². The number of quaternary nitrogens is 1. The predicted molar refractivity (Wildman–Crippen MR) is 198 cm³/mol. The molecule has 230 valence electrons. The molecular weight excluding hydrogens is 607 g/mol. The lowest BCUT2D eigenvalue weighted by Gasteiger charge is -2.38. The van der Waals surface area contributed by atoms with Crippen LogP contribution in [0.4, 0.5) is 11.4 Å². The van der Waals surface area contributed by atoms with Gasteiger partial charge in [-0.1, -0.05) is 133 Å². The topological polar surface area (TPSA) is 7.76 Å². The van der Waals surface area contributed by atoms with Crippen LogP contribution in [0.1, 0.15) is 22.3 Å². The first-order valence-corrected chi connectivity index (χ1v) is 17.4. The summed E-state index contributed by atoms with van der Waals surface area (Å²) in [5, 5.41) is 0. The molecule has 0 atom stereocenters. The Morgan fingerprint density at radius 2 is 0.740 bits per heavy atom. The van der Waals surface area contributed by atoms with Crippen molar-refractivity contribution in [2.45, 2.75) is 5.41 Å². The molecule has 0 saturated heterocycles. The van der Waals surface area contributed by atoms with Gasteiger partial charge in [0.25, 0.3) is 22.8 Å². The van der Waals surface area contributed by atoms with Gasteiger partial charge >= 0.3 is 0 Å². The number of pyridine rings is 2. The van der Waals surface area contributed by atoms with Crippen molar-refractivity contribution in [2.24, 2.45) is 0 Å². The van der Waals surface area contributed by atoms with E-state index in [0.717, 1.165) is 0 Å². The molecule has 2 spiro atoms. The van der Waals surface area contributed by atoms with Crippen molar-refractivity contribution in [2.75, 3.05) is 0 Å². The average Bonchev–Trinajstić information content (AvgIpc) is 3.78. The van der Waals surface area contributed by atoms with Crippen LogP contribution < -0.4 is 14.1 Å². The smallest absolute Gasteiger partial charge is 0.0622 e. The highest BCUT2D eigenvalue weighted by atomic mass is 15.9. The van der Waals surface area contributed by atoms with Gasteiger partial charge in [-0.15, -0.1) is 0 Å². The van der Waals surface area contributed by atoms with Crippen molar-refractivity contribution < 1.29 is 9.35 Å². The van der Waals surface area contributed by atoms with Gasteiger partial charge in [-0.2, -0.15) is 0 Å². The van der Waals surface area contributed by atoms with Crippen LogP contribution in [-0.4, -0.2) is 0 Å². The average molecular weight is 637 g/mol. The van der Waals surface area contributed by atoms with Gasteiger partial charge in [0.15, 0.2) is 4.70 Å². The Labute approximate surface area is 290 Å². The first kappa shape index (κ1) is 26.5. The van der Waals surface area contributed by atoms with E-state index >= 15 is 0 Å². The van der Waals surface area contributed by atoms with Crippen LogP contribution in [0.5, 0.6) is 0 Å². The molecular formula is C47H30N3+3. The standard InChI is InChI=1S/C47H30N3/c1-3-13-31(14-4-1)33-25-27-48-43(29-33)37-19-11-23-41-45(37)50(48)46-38(44-30-34(26-28-49(44)50)32-15-5-2-6-16-32)20-12-24-42(46)47(41)39-21-9-7-17-35(39)36-18-8-10-22-40(36)47/h1-30H/q+3. The summed E-state index contributed by atoms with van der Waals surface area (Å²) < 4.78 is 5.49. The minimum Gasteiger partial charge on any atom is -0.0622 e. The molecule has 1 aliphatic carbocycles. The molecule has 3 aliphatic heterocycles. The minimum atomic E-state index is -0.471. The van der Waals surface area contributed by atoms with Crippen LogP contribution in [0, 0.1) is 0 Å². The highest BCUT2D eigenvalue weighted by Crippen LogP contribution is 2.67. The van der Waals surface area contributed by atoms with Gasteiger partial charge < -0.3 is 0 Å². The summed E-state index contributed by atoms with van der Waals surface area (Å²) in [4.78, 5) is 0. The number of para-hydroxylation sites is 2. The van der Waals surface area contributed by atoms with E-state index in [4.69, 9.17) is 0 Å². The lowest BCUT2D eigenvalue weighted by atomic mass is 9.64. The molecule has 2 aromatic heterocycles. The van der Waals surface area contributed by atoms with Gasteiger partial charge in [0.05, 0.1) is 14.8 Å². The molecule has 5 heterocycles. The molecule has 0 radical (unpaired) electrons. The van der Waals surface area contributed by atoms with Gasteiger partial charge in [-0.05, 0) is 56.6 Å². The zero-order valence-electron chi connectivity index (χ0n) is 27.2. The zero-order chi connectivity index (χ0) is 32.6. The molecule has 0 saturated carbocycles. The summed E-state index contributed by atoms with van der Waals surface area (Å²) in [6.45, 7) is 0. The maximum Gasteiger partial charge on any atom is 0.287 e. The zero-order valence-corrected chi connectivity index (χ0v) is 27.2. The van der Waals surface area contributed by atoms with Crippen molar-refractivity contribution in [3.8, 4) is 55.9 Å². The molecule has 0 amide bonds. The Morgan fingerprint density at radius 1 is 0.340 bits per heavy atom. The number of aromatic nitrogens is 2. The summed E-state index contributed by atoms with van der Waals surface area (Å²) in [5.74, 6) is 0. The molecule has 0 unspecified atom stereocenters. The third kappa shape index (κ3) is 2.90. The summed E-state index contributed by atoms with van der Waals surface area (Å²) in [6, 6.07) is 63.2. The Bertz CT molecular complexity index is 2570. The molecule has 0 bridgehead atoms. The maximum absolute atomic E-state index is 2.52. The molecule has 6 aromatic carbocycles. The van der Waals surface area contributed by atoms with Crippen LogP contribution in [-0.2, 0) is 5.41 Å². The molecule has 0 N–H and O–H groups in total. The fourth-order valence-corrected chi connectivity index (χ4v) is 9.90. The largest absolute Gasteiger partial charge is 0.287 e. The Balaban J connectivity index is 1.28. The lowest BCUT2D eigenvalue weighted by molar-refractivity contribution is -1.02. The monoisotopic (exact) mass is 636 g/mol. The first-order valence-electron chi connectivity index (χ1n) is 17.4. The van der Waals surface area contributed by atoms with E-state index in [9.17, 15) is 0 Å². The second-order valence-corrected chi connectivity index (χ2v) is 13.9. The summed E-state index contributed by atoms with van der Waals surface area (Å²) in [5.41, 5.74) is 20.1. The summed E-state index contributed by atoms with van der Waals surface area (Å²) in [6.07, 6.45) is 4.65. The summed E-state index contributed by atoms with van der Waals surface area (Å²) in [7, 11) is 0. The van der Waals surface area contributed by atoms with Crippen molar-refractivity contribution in [1.82, 2.24) is 4.70 Å². The Kier molecular flexibility index (Phi) is 4.87. The molecule has 12 rings (SSSR count). The third-order valence-corrected chi connectivity index (χ3v) is 11.7. The number of hydrogen-bond donors (Lipinski definition) is 0. The van der Waals surface area contributed by atoms with E-state index in [0.29, 0.717) is 4.70 Å². The van der Waals surface area contributed by atoms with Crippen LogP contribution in [0.25, 0.3) is 55.9 Å². The Morgan fingerprint density at radius 3 is 1.22 bits per heavy atom. The van der Waals surface area contributed by atoms with Gasteiger partial charge in [0, 0.05) is 35.4 Å². The first-order chi connectivity index (χ1) is 24.8. The van der Waals surface area contributed by atoms with Gasteiger partial charge in [-0.3, -0.25) is 0 Å². The van der Waals surface area contributed by atoms with Crippen molar-refractivity contribution in [1.29, 1.82) is 0 Å². The number of rotatable bonds is 2. The molecule has 0 fully saturated rings. The molecule has 8 aromatic rings. The number of hydrogen-bond acceptors (Lipinski definition) is 0. The normalized spacial score (nSPS) is 15.1. The fraction of sp³-hybridized carbons (Fsp3) is 0.0213. The van der Waals surface area contributed by atoms with Crippen LogP contribution >= 0.6 is 0 Å². The second-order valence-electron chi connectivity index (χ2n) is 13.9. The summed E-state index contributed by atoms with van der Waals surface area (Å²) >= 11 is 0. The minimum absolute atomic E-state index is 0.456. The molecule has 3 nitrogen and oxygen atoms in total. The molecule has 50 heavy (non-hydrogen) atoms. The van der Waals surface area contributed by atoms with E-state index in [2.05, 4.69) is 192 Å². The lowest BCUT2D eigenvalue weighted by Crippen LogP contribution is -2.82. The predicted octanol–water partition coefficient (Wildman–Crippen LogP) is 9.80. The highest BCUT2D eigenvalue weighted by Gasteiger charge is 2.75. The van der Waals surface area contributed by atoms with E-state index in [-0.39, 0.29) is 0 Å². The van der Waals surface area contributed by atoms with Crippen molar-refractivity contribution >= 4 is 11.4 Å². The van der Waals surface area contributed by atoms with E-state index < -0.39 is 5.41 Å².